The molecular formula is C12H11F2N3O2S. The van der Waals surface area contributed by atoms with Crippen molar-refractivity contribution >= 4 is 27.2 Å². The number of halogens is 2. The van der Waals surface area contributed by atoms with Gasteiger partial charge >= 0.3 is 0 Å². The highest BCUT2D eigenvalue weighted by Crippen LogP contribution is 2.20. The molecule has 8 heteroatoms. The zero-order valence-corrected chi connectivity index (χ0v) is 11.2. The maximum absolute atomic E-state index is 13.4. The van der Waals surface area contributed by atoms with Crippen LogP contribution in [0.25, 0.3) is 0 Å². The highest BCUT2D eigenvalue weighted by molar-refractivity contribution is 7.92. The Bertz CT molecular complexity index is 718. The van der Waals surface area contributed by atoms with E-state index in [1.807, 2.05) is 0 Å². The van der Waals surface area contributed by atoms with E-state index in [0.29, 0.717) is 5.82 Å². The van der Waals surface area contributed by atoms with Crippen molar-refractivity contribution in [1.29, 1.82) is 0 Å². The van der Waals surface area contributed by atoms with E-state index in [2.05, 4.69) is 15.0 Å². The van der Waals surface area contributed by atoms with Crippen LogP contribution in [0.1, 0.15) is 0 Å². The van der Waals surface area contributed by atoms with Crippen LogP contribution in [0.5, 0.6) is 0 Å². The Morgan fingerprint density at radius 1 is 1.15 bits per heavy atom. The van der Waals surface area contributed by atoms with Crippen molar-refractivity contribution in [3.05, 3.63) is 48.2 Å². The normalized spacial score (nSPS) is 11.2. The van der Waals surface area contributed by atoms with Crippen LogP contribution in [0.15, 0.2) is 36.5 Å². The quantitative estimate of drug-likeness (QED) is 0.910. The van der Waals surface area contributed by atoms with Crippen LogP contribution in [0.4, 0.5) is 26.0 Å². The Hall–Kier alpha value is -2.22. The van der Waals surface area contributed by atoms with Gasteiger partial charge < -0.3 is 5.32 Å². The average molecular weight is 299 g/mol. The fourth-order valence-electron chi connectivity index (χ4n) is 1.47. The molecule has 20 heavy (non-hydrogen) atoms. The summed E-state index contributed by atoms with van der Waals surface area (Å²) in [5.41, 5.74) is 0.361. The second-order valence-electron chi connectivity index (χ2n) is 4.06. The molecule has 0 fully saturated rings. The lowest BCUT2D eigenvalue weighted by Crippen LogP contribution is -2.09. The minimum absolute atomic E-state index is 0.0720. The first-order chi connectivity index (χ1) is 9.33. The number of hydrogen-bond acceptors (Lipinski definition) is 4. The molecule has 2 N–H and O–H groups in total. The number of benzene rings is 1. The van der Waals surface area contributed by atoms with Crippen LogP contribution < -0.4 is 10.0 Å². The largest absolute Gasteiger partial charge is 0.338 e. The van der Waals surface area contributed by atoms with E-state index in [1.165, 1.54) is 24.4 Å². The molecule has 0 aliphatic heterocycles. The second kappa shape index (κ2) is 5.41. The smallest absolute Gasteiger partial charge is 0.229 e. The lowest BCUT2D eigenvalue weighted by atomic mass is 10.3. The van der Waals surface area contributed by atoms with E-state index in [9.17, 15) is 17.2 Å². The summed E-state index contributed by atoms with van der Waals surface area (Å²) in [6.45, 7) is 0. The summed E-state index contributed by atoms with van der Waals surface area (Å²) in [5, 5.41) is 2.66. The molecule has 0 saturated heterocycles. The molecule has 0 atom stereocenters. The maximum atomic E-state index is 13.4. The van der Waals surface area contributed by atoms with Gasteiger partial charge in [-0.2, -0.15) is 0 Å². The van der Waals surface area contributed by atoms with Gasteiger partial charge in [0.15, 0.2) is 0 Å². The molecule has 2 rings (SSSR count). The monoisotopic (exact) mass is 299 g/mol. The van der Waals surface area contributed by atoms with Crippen molar-refractivity contribution in [3.8, 4) is 0 Å². The van der Waals surface area contributed by atoms with Crippen molar-refractivity contribution in [1.82, 2.24) is 4.98 Å². The van der Waals surface area contributed by atoms with E-state index in [0.717, 1.165) is 18.4 Å². The fourth-order valence-corrected chi connectivity index (χ4v) is 2.02. The maximum Gasteiger partial charge on any atom is 0.229 e. The molecule has 0 spiro atoms. The van der Waals surface area contributed by atoms with Crippen molar-refractivity contribution in [2.24, 2.45) is 0 Å². The molecule has 0 radical (unpaired) electrons. The Labute approximate surface area is 114 Å². The highest BCUT2D eigenvalue weighted by Gasteiger charge is 2.06. The fraction of sp³-hybridized carbons (Fsp3) is 0.0833. The average Bonchev–Trinajstić information content (AvgIpc) is 2.33. The van der Waals surface area contributed by atoms with Crippen molar-refractivity contribution < 1.29 is 17.2 Å². The third-order valence-electron chi connectivity index (χ3n) is 2.26. The topological polar surface area (TPSA) is 71.1 Å². The van der Waals surface area contributed by atoms with Gasteiger partial charge in [-0.05, 0) is 24.3 Å². The van der Waals surface area contributed by atoms with Gasteiger partial charge in [0.05, 0.1) is 23.8 Å². The summed E-state index contributed by atoms with van der Waals surface area (Å²) in [5.74, 6) is -1.12. The van der Waals surface area contributed by atoms with Crippen molar-refractivity contribution in [3.63, 3.8) is 0 Å². The molecule has 0 aliphatic carbocycles. The van der Waals surface area contributed by atoms with Crippen LogP contribution in [-0.2, 0) is 10.0 Å². The molecule has 106 valence electrons. The first-order valence-electron chi connectivity index (χ1n) is 5.49. The summed E-state index contributed by atoms with van der Waals surface area (Å²) in [6, 6.07) is 6.05. The van der Waals surface area contributed by atoms with Crippen LogP contribution in [0, 0.1) is 11.6 Å². The molecule has 0 aliphatic rings. The van der Waals surface area contributed by atoms with Crippen LogP contribution in [0.3, 0.4) is 0 Å². The van der Waals surface area contributed by atoms with Gasteiger partial charge in [-0.25, -0.2) is 22.2 Å². The highest BCUT2D eigenvalue weighted by atomic mass is 32.2. The van der Waals surface area contributed by atoms with Gasteiger partial charge in [0.25, 0.3) is 0 Å². The third kappa shape index (κ3) is 3.89. The minimum Gasteiger partial charge on any atom is -0.338 e. The molecule has 0 saturated carbocycles. The molecular weight excluding hydrogens is 288 g/mol. The third-order valence-corrected chi connectivity index (χ3v) is 2.87. The number of sulfonamides is 1. The molecule has 5 nitrogen and oxygen atoms in total. The summed E-state index contributed by atoms with van der Waals surface area (Å²) >= 11 is 0. The zero-order chi connectivity index (χ0) is 14.8. The molecule has 1 aromatic heterocycles. The Kier molecular flexibility index (Phi) is 3.84. The minimum atomic E-state index is -3.37. The van der Waals surface area contributed by atoms with E-state index in [-0.39, 0.29) is 11.4 Å². The van der Waals surface area contributed by atoms with Gasteiger partial charge in [-0.3, -0.25) is 4.72 Å². The van der Waals surface area contributed by atoms with Crippen LogP contribution >= 0.6 is 0 Å². The standard InChI is InChI=1S/C12H11F2N3O2S/c1-20(18,19)17-9-3-5-12(15-7-9)16-11-4-2-8(13)6-10(11)14/h2-7,17H,1H3,(H,15,16). The first kappa shape index (κ1) is 14.2. The summed E-state index contributed by atoms with van der Waals surface area (Å²) < 4.78 is 50.4. The van der Waals surface area contributed by atoms with Gasteiger partial charge in [-0.1, -0.05) is 0 Å². The van der Waals surface area contributed by atoms with Crippen LogP contribution in [-0.4, -0.2) is 19.7 Å². The number of anilines is 3. The zero-order valence-electron chi connectivity index (χ0n) is 10.4. The van der Waals surface area contributed by atoms with Gasteiger partial charge in [-0.15, -0.1) is 0 Å². The van der Waals surface area contributed by atoms with Gasteiger partial charge in [0.2, 0.25) is 10.0 Å². The first-order valence-corrected chi connectivity index (χ1v) is 7.38. The number of rotatable bonds is 4. The van der Waals surface area contributed by atoms with Gasteiger partial charge in [0.1, 0.15) is 17.5 Å². The van der Waals surface area contributed by atoms with E-state index in [1.54, 1.807) is 0 Å². The van der Waals surface area contributed by atoms with Crippen molar-refractivity contribution in [2.75, 3.05) is 16.3 Å². The Morgan fingerprint density at radius 2 is 1.90 bits per heavy atom. The predicted octanol–water partition coefficient (Wildman–Crippen LogP) is 2.47. The Balaban J connectivity index is 2.14. The van der Waals surface area contributed by atoms with E-state index < -0.39 is 21.7 Å². The lowest BCUT2D eigenvalue weighted by Gasteiger charge is -2.08. The molecule has 0 unspecified atom stereocenters. The predicted molar refractivity (Wildman–Crippen MR) is 72.3 cm³/mol. The summed E-state index contributed by atoms with van der Waals surface area (Å²) in [7, 11) is -3.37. The SMILES string of the molecule is CS(=O)(=O)Nc1ccc(Nc2ccc(F)cc2F)nc1. The summed E-state index contributed by atoms with van der Waals surface area (Å²) in [6.07, 6.45) is 2.30. The number of hydrogen-bond donors (Lipinski definition) is 2. The number of pyridine rings is 1. The molecule has 0 amide bonds. The summed E-state index contributed by atoms with van der Waals surface area (Å²) in [4.78, 5) is 3.92. The van der Waals surface area contributed by atoms with E-state index in [4.69, 9.17) is 0 Å². The number of aromatic nitrogens is 1. The van der Waals surface area contributed by atoms with Gasteiger partial charge in [0, 0.05) is 6.07 Å². The molecule has 1 heterocycles. The lowest BCUT2D eigenvalue weighted by molar-refractivity contribution is 0.586. The Morgan fingerprint density at radius 3 is 2.45 bits per heavy atom. The molecule has 2 aromatic rings. The number of nitrogens with one attached hydrogen (secondary N) is 2. The molecule has 1 aromatic carbocycles. The van der Waals surface area contributed by atoms with Crippen molar-refractivity contribution in [2.45, 2.75) is 0 Å². The van der Waals surface area contributed by atoms with Crippen LogP contribution in [0.2, 0.25) is 0 Å². The number of nitrogens with zero attached hydrogens (tertiary/aromatic N) is 1. The second-order valence-corrected chi connectivity index (χ2v) is 5.80. The van der Waals surface area contributed by atoms with E-state index >= 15 is 0 Å². The molecule has 0 bridgehead atoms.